The number of nitro groups is 1. The summed E-state index contributed by atoms with van der Waals surface area (Å²) >= 11 is 0. The highest BCUT2D eigenvalue weighted by Gasteiger charge is 2.30. The summed E-state index contributed by atoms with van der Waals surface area (Å²) in [6.45, 7) is 6.98. The van der Waals surface area contributed by atoms with Gasteiger partial charge in [0.25, 0.3) is 5.69 Å². The zero-order valence-corrected chi connectivity index (χ0v) is 17.4. The average Bonchev–Trinajstić information content (AvgIpc) is 2.72. The highest BCUT2D eigenvalue weighted by molar-refractivity contribution is 5.77. The number of carbonyl (C=O) groups is 1. The quantitative estimate of drug-likeness (QED) is 0.528. The van der Waals surface area contributed by atoms with Crippen LogP contribution in [0.3, 0.4) is 0 Å². The number of anilines is 2. The van der Waals surface area contributed by atoms with Crippen molar-refractivity contribution < 1.29 is 14.1 Å². The number of hydrogen-bond donors (Lipinski definition) is 0. The Morgan fingerprint density at radius 2 is 1.90 bits per heavy atom. The Kier molecular flexibility index (Phi) is 6.92. The van der Waals surface area contributed by atoms with Crippen LogP contribution in [-0.4, -0.2) is 54.5 Å². The van der Waals surface area contributed by atoms with Crippen molar-refractivity contribution >= 4 is 23.0 Å². The molecular weight excluding hydrogens is 375 g/mol. The lowest BCUT2D eigenvalue weighted by molar-refractivity contribution is -0.384. The van der Waals surface area contributed by atoms with Gasteiger partial charge in [-0.3, -0.25) is 14.9 Å². The third-order valence-corrected chi connectivity index (χ3v) is 6.07. The number of halogens is 1. The van der Waals surface area contributed by atoms with E-state index >= 15 is 0 Å². The van der Waals surface area contributed by atoms with E-state index in [1.807, 2.05) is 14.7 Å². The van der Waals surface area contributed by atoms with E-state index in [2.05, 4.69) is 13.8 Å². The first-order chi connectivity index (χ1) is 13.9. The van der Waals surface area contributed by atoms with Gasteiger partial charge >= 0.3 is 0 Å². The number of piperidine rings is 1. The molecule has 0 saturated carbocycles. The molecule has 0 aliphatic carbocycles. The molecule has 0 spiro atoms. The number of nitro benzene ring substituents is 1. The Labute approximate surface area is 171 Å². The van der Waals surface area contributed by atoms with Gasteiger partial charge in [-0.2, -0.15) is 0 Å². The minimum Gasteiger partial charge on any atom is -0.366 e. The Morgan fingerprint density at radius 3 is 2.52 bits per heavy atom. The molecule has 2 heterocycles. The van der Waals surface area contributed by atoms with Crippen molar-refractivity contribution in [2.24, 2.45) is 0 Å². The molecule has 1 atom stereocenters. The van der Waals surface area contributed by atoms with Crippen molar-refractivity contribution in [1.82, 2.24) is 4.90 Å². The van der Waals surface area contributed by atoms with Gasteiger partial charge in [-0.05, 0) is 38.7 Å². The summed E-state index contributed by atoms with van der Waals surface area (Å²) in [5.41, 5.74) is 0.686. The van der Waals surface area contributed by atoms with E-state index in [1.54, 1.807) is 6.07 Å². The summed E-state index contributed by atoms with van der Waals surface area (Å²) in [7, 11) is 0. The fourth-order valence-electron chi connectivity index (χ4n) is 4.30. The lowest BCUT2D eigenvalue weighted by Gasteiger charge is -2.38. The van der Waals surface area contributed by atoms with Crippen LogP contribution in [0.25, 0.3) is 0 Å². The van der Waals surface area contributed by atoms with Gasteiger partial charge in [-0.25, -0.2) is 4.39 Å². The van der Waals surface area contributed by atoms with Crippen LogP contribution in [0.4, 0.5) is 21.5 Å². The zero-order chi connectivity index (χ0) is 21.0. The van der Waals surface area contributed by atoms with Crippen LogP contribution in [-0.2, 0) is 4.79 Å². The zero-order valence-electron chi connectivity index (χ0n) is 17.4. The van der Waals surface area contributed by atoms with E-state index in [0.717, 1.165) is 44.7 Å². The summed E-state index contributed by atoms with van der Waals surface area (Å²) in [4.78, 5) is 29.1. The molecule has 2 saturated heterocycles. The van der Waals surface area contributed by atoms with Crippen LogP contribution in [0, 0.1) is 15.9 Å². The number of piperazine rings is 1. The molecule has 0 bridgehead atoms. The second-order valence-electron chi connectivity index (χ2n) is 8.06. The summed E-state index contributed by atoms with van der Waals surface area (Å²) in [6, 6.07) is 2.91. The molecule has 2 fully saturated rings. The van der Waals surface area contributed by atoms with Crippen LogP contribution < -0.4 is 9.80 Å². The maximum absolute atomic E-state index is 14.8. The Hall–Kier alpha value is -2.38. The van der Waals surface area contributed by atoms with Crippen molar-refractivity contribution in [3.63, 3.8) is 0 Å². The standard InChI is InChI=1S/C21H31FN4O3/c1-3-4-8-21(27)24-12-10-23(11-13-24)19-15-18(17(22)14-20(19)26(28)29)25-9-6-5-7-16(25)2/h14-16H,3-13H2,1-2H3. The second-order valence-corrected chi connectivity index (χ2v) is 8.06. The number of benzene rings is 1. The molecule has 29 heavy (non-hydrogen) atoms. The summed E-state index contributed by atoms with van der Waals surface area (Å²) in [5.74, 6) is -0.398. The largest absolute Gasteiger partial charge is 0.366 e. The van der Waals surface area contributed by atoms with E-state index in [1.165, 1.54) is 0 Å². The molecule has 0 radical (unpaired) electrons. The van der Waals surface area contributed by atoms with Crippen LogP contribution in [0.5, 0.6) is 0 Å². The maximum atomic E-state index is 14.8. The van der Waals surface area contributed by atoms with E-state index < -0.39 is 10.7 Å². The van der Waals surface area contributed by atoms with Crippen LogP contribution in [0.1, 0.15) is 52.4 Å². The maximum Gasteiger partial charge on any atom is 0.295 e. The molecule has 3 rings (SSSR count). The monoisotopic (exact) mass is 406 g/mol. The summed E-state index contributed by atoms with van der Waals surface area (Å²) in [6.07, 6.45) is 5.50. The first-order valence-electron chi connectivity index (χ1n) is 10.7. The normalized spacial score (nSPS) is 20.1. The van der Waals surface area contributed by atoms with Crippen LogP contribution >= 0.6 is 0 Å². The van der Waals surface area contributed by atoms with E-state index in [4.69, 9.17) is 0 Å². The Morgan fingerprint density at radius 1 is 1.17 bits per heavy atom. The molecule has 1 aromatic carbocycles. The van der Waals surface area contributed by atoms with Crippen LogP contribution in [0.2, 0.25) is 0 Å². The van der Waals surface area contributed by atoms with Crippen molar-refractivity contribution in [2.45, 2.75) is 58.4 Å². The Balaban J connectivity index is 1.81. The van der Waals surface area contributed by atoms with Crippen molar-refractivity contribution in [3.05, 3.63) is 28.1 Å². The lowest BCUT2D eigenvalue weighted by atomic mass is 10.0. The lowest BCUT2D eigenvalue weighted by Crippen LogP contribution is -2.49. The topological polar surface area (TPSA) is 69.9 Å². The van der Waals surface area contributed by atoms with Gasteiger partial charge in [0, 0.05) is 45.2 Å². The smallest absolute Gasteiger partial charge is 0.295 e. The molecule has 2 aliphatic rings. The predicted octanol–water partition coefficient (Wildman–Crippen LogP) is 3.95. The number of rotatable bonds is 6. The van der Waals surface area contributed by atoms with Crippen molar-refractivity contribution in [3.8, 4) is 0 Å². The van der Waals surface area contributed by atoms with Gasteiger partial charge in [0.05, 0.1) is 16.7 Å². The third-order valence-electron chi connectivity index (χ3n) is 6.07. The minimum absolute atomic E-state index is 0.142. The molecule has 160 valence electrons. The van der Waals surface area contributed by atoms with Gasteiger partial charge in [-0.1, -0.05) is 13.3 Å². The fraction of sp³-hybridized carbons (Fsp3) is 0.667. The number of carbonyl (C=O) groups excluding carboxylic acids is 1. The average molecular weight is 407 g/mol. The summed E-state index contributed by atoms with van der Waals surface area (Å²) in [5, 5.41) is 11.6. The molecule has 8 heteroatoms. The Bertz CT molecular complexity index is 750. The molecule has 1 aromatic rings. The minimum atomic E-state index is -0.539. The molecular formula is C21H31FN4O3. The van der Waals surface area contributed by atoms with E-state index in [-0.39, 0.29) is 17.6 Å². The van der Waals surface area contributed by atoms with Gasteiger partial charge in [0.15, 0.2) is 5.82 Å². The van der Waals surface area contributed by atoms with Crippen molar-refractivity contribution in [1.29, 1.82) is 0 Å². The van der Waals surface area contributed by atoms with Crippen molar-refractivity contribution in [2.75, 3.05) is 42.5 Å². The molecule has 1 amide bonds. The number of nitrogens with zero attached hydrogens (tertiary/aromatic N) is 4. The third kappa shape index (κ3) is 4.79. The molecule has 1 unspecified atom stereocenters. The molecule has 0 N–H and O–H groups in total. The van der Waals surface area contributed by atoms with Gasteiger partial charge in [0.2, 0.25) is 5.91 Å². The number of unbranched alkanes of at least 4 members (excludes halogenated alkanes) is 1. The second kappa shape index (κ2) is 9.41. The first-order valence-corrected chi connectivity index (χ1v) is 10.7. The van der Waals surface area contributed by atoms with Gasteiger partial charge < -0.3 is 14.7 Å². The van der Waals surface area contributed by atoms with E-state index in [0.29, 0.717) is 44.0 Å². The molecule has 2 aliphatic heterocycles. The highest BCUT2D eigenvalue weighted by Crippen LogP contribution is 2.37. The SMILES string of the molecule is CCCCC(=O)N1CCN(c2cc(N3CCCCC3C)c(F)cc2[N+](=O)[O-])CC1. The molecule has 0 aromatic heterocycles. The number of hydrogen-bond acceptors (Lipinski definition) is 5. The van der Waals surface area contributed by atoms with E-state index in [9.17, 15) is 19.3 Å². The highest BCUT2D eigenvalue weighted by atomic mass is 19.1. The van der Waals surface area contributed by atoms with Gasteiger partial charge in [0.1, 0.15) is 5.69 Å². The fourth-order valence-corrected chi connectivity index (χ4v) is 4.30. The van der Waals surface area contributed by atoms with Gasteiger partial charge in [-0.15, -0.1) is 0 Å². The van der Waals surface area contributed by atoms with Crippen LogP contribution in [0.15, 0.2) is 12.1 Å². The predicted molar refractivity (Wildman–Crippen MR) is 112 cm³/mol. The number of amides is 1. The summed E-state index contributed by atoms with van der Waals surface area (Å²) < 4.78 is 14.8. The first kappa shape index (κ1) is 21.3. The molecule has 7 nitrogen and oxygen atoms in total.